The number of nitrogens with one attached hydrogen (secondary N) is 2. The van der Waals surface area contributed by atoms with Crippen LogP contribution < -0.4 is 15.4 Å². The summed E-state index contributed by atoms with van der Waals surface area (Å²) in [5.41, 5.74) is 2.48. The number of anilines is 1. The molecule has 122 valence electrons. The van der Waals surface area contributed by atoms with Gasteiger partial charge in [0.2, 0.25) is 5.91 Å². The molecule has 1 aliphatic heterocycles. The van der Waals surface area contributed by atoms with Crippen molar-refractivity contribution in [3.63, 3.8) is 0 Å². The Hall–Kier alpha value is -2.62. The molecule has 0 radical (unpaired) electrons. The predicted molar refractivity (Wildman–Crippen MR) is 95.1 cm³/mol. The molecule has 1 amide bonds. The van der Waals surface area contributed by atoms with Crippen LogP contribution in [0.3, 0.4) is 0 Å². The van der Waals surface area contributed by atoms with Gasteiger partial charge in [0.05, 0.1) is 12.7 Å². The fourth-order valence-corrected chi connectivity index (χ4v) is 3.83. The van der Waals surface area contributed by atoms with Crippen molar-refractivity contribution >= 4 is 28.3 Å². The van der Waals surface area contributed by atoms with Crippen molar-refractivity contribution in [3.8, 4) is 11.8 Å². The van der Waals surface area contributed by atoms with Crippen LogP contribution in [0, 0.1) is 11.3 Å². The Balaban J connectivity index is 1.77. The van der Waals surface area contributed by atoms with Gasteiger partial charge in [-0.3, -0.25) is 4.79 Å². The lowest BCUT2D eigenvalue weighted by Gasteiger charge is -2.11. The summed E-state index contributed by atoms with van der Waals surface area (Å²) >= 11 is 1.47. The molecule has 0 unspecified atom stereocenters. The van der Waals surface area contributed by atoms with Crippen LogP contribution in [0.15, 0.2) is 30.3 Å². The number of amides is 1. The molecule has 1 aliphatic rings. The first-order valence-electron chi connectivity index (χ1n) is 7.60. The number of benzene rings is 1. The van der Waals surface area contributed by atoms with Crippen molar-refractivity contribution in [2.45, 2.75) is 13.0 Å². The van der Waals surface area contributed by atoms with E-state index in [0.717, 1.165) is 35.5 Å². The van der Waals surface area contributed by atoms with E-state index in [-0.39, 0.29) is 5.91 Å². The van der Waals surface area contributed by atoms with Crippen molar-refractivity contribution in [1.29, 1.82) is 5.26 Å². The molecule has 6 heteroatoms. The van der Waals surface area contributed by atoms with Crippen LogP contribution in [0.1, 0.15) is 21.6 Å². The van der Waals surface area contributed by atoms with E-state index in [0.29, 0.717) is 16.3 Å². The predicted octanol–water partition coefficient (Wildman–Crippen LogP) is 2.93. The summed E-state index contributed by atoms with van der Waals surface area (Å²) in [4.78, 5) is 13.3. The maximum atomic E-state index is 12.2. The van der Waals surface area contributed by atoms with Crippen LogP contribution >= 0.6 is 11.3 Å². The second kappa shape index (κ2) is 7.30. The Kier molecular flexibility index (Phi) is 4.94. The number of nitrogens with zero attached hydrogens (tertiary/aromatic N) is 1. The van der Waals surface area contributed by atoms with Crippen molar-refractivity contribution < 1.29 is 9.53 Å². The van der Waals surface area contributed by atoms with Gasteiger partial charge in [0.15, 0.2) is 0 Å². The smallest absolute Gasteiger partial charge is 0.249 e. The fraction of sp³-hybridized carbons (Fsp3) is 0.222. The summed E-state index contributed by atoms with van der Waals surface area (Å²) in [7, 11) is 1.59. The highest BCUT2D eigenvalue weighted by molar-refractivity contribution is 7.16. The Morgan fingerprint density at radius 3 is 3.08 bits per heavy atom. The van der Waals surface area contributed by atoms with Gasteiger partial charge in [0.1, 0.15) is 16.8 Å². The number of fused-ring (bicyclic) bond motifs is 1. The first kappa shape index (κ1) is 16.2. The van der Waals surface area contributed by atoms with Crippen molar-refractivity contribution in [3.05, 3.63) is 51.9 Å². The zero-order chi connectivity index (χ0) is 16.9. The molecule has 1 aromatic heterocycles. The van der Waals surface area contributed by atoms with E-state index in [1.165, 1.54) is 17.4 Å². The lowest BCUT2D eigenvalue weighted by molar-refractivity contribution is -0.111. The highest BCUT2D eigenvalue weighted by Gasteiger charge is 2.21. The normalized spacial score (nSPS) is 13.3. The molecule has 0 fully saturated rings. The zero-order valence-corrected chi connectivity index (χ0v) is 14.1. The van der Waals surface area contributed by atoms with E-state index >= 15 is 0 Å². The number of carbonyl (C=O) groups excluding carboxylic acids is 1. The molecule has 0 atom stereocenters. The van der Waals surface area contributed by atoms with Gasteiger partial charge in [0.25, 0.3) is 0 Å². The Morgan fingerprint density at radius 2 is 2.29 bits per heavy atom. The summed E-state index contributed by atoms with van der Waals surface area (Å²) in [6.45, 7) is 1.61. The fourth-order valence-electron chi connectivity index (χ4n) is 2.66. The van der Waals surface area contributed by atoms with Gasteiger partial charge in [-0.2, -0.15) is 5.26 Å². The van der Waals surface area contributed by atoms with E-state index in [1.54, 1.807) is 13.2 Å². The number of thiophene rings is 1. The standard InChI is InChI=1S/C18H17N3O2S/c1-23-15-5-3-2-4-12(15)6-7-17(22)21-18-14(10-19)13-8-9-20-11-16(13)24-18/h2-7,20H,8-9,11H2,1H3,(H,21,22). The molecule has 1 aromatic carbocycles. The summed E-state index contributed by atoms with van der Waals surface area (Å²) in [6, 6.07) is 9.70. The first-order valence-corrected chi connectivity index (χ1v) is 8.42. The Morgan fingerprint density at radius 1 is 1.46 bits per heavy atom. The molecule has 2 heterocycles. The van der Waals surface area contributed by atoms with Gasteiger partial charge >= 0.3 is 0 Å². The van der Waals surface area contributed by atoms with Gasteiger partial charge < -0.3 is 15.4 Å². The third-order valence-corrected chi connectivity index (χ3v) is 4.98. The van der Waals surface area contributed by atoms with Gasteiger partial charge in [-0.1, -0.05) is 18.2 Å². The average molecular weight is 339 g/mol. The SMILES string of the molecule is COc1ccccc1C=CC(=O)Nc1sc2c(c1C#N)CCNC2. The number of rotatable bonds is 4. The van der Waals surface area contributed by atoms with Crippen LogP contribution in [-0.2, 0) is 17.8 Å². The summed E-state index contributed by atoms with van der Waals surface area (Å²) in [6.07, 6.45) is 3.98. The molecule has 0 spiro atoms. The van der Waals surface area contributed by atoms with Crippen LogP contribution in [0.25, 0.3) is 6.08 Å². The molecule has 0 bridgehead atoms. The Bertz CT molecular complexity index is 833. The van der Waals surface area contributed by atoms with E-state index in [9.17, 15) is 10.1 Å². The number of methoxy groups -OCH3 is 1. The van der Waals surface area contributed by atoms with Gasteiger partial charge in [-0.15, -0.1) is 11.3 Å². The van der Waals surface area contributed by atoms with E-state index in [1.807, 2.05) is 24.3 Å². The third kappa shape index (κ3) is 3.32. The molecule has 5 nitrogen and oxygen atoms in total. The second-order valence-corrected chi connectivity index (χ2v) is 6.42. The van der Waals surface area contributed by atoms with Gasteiger partial charge in [-0.25, -0.2) is 0 Å². The van der Waals surface area contributed by atoms with Crippen LogP contribution in [0.5, 0.6) is 5.75 Å². The van der Waals surface area contributed by atoms with Crippen LogP contribution in [0.4, 0.5) is 5.00 Å². The van der Waals surface area contributed by atoms with Crippen LogP contribution in [0.2, 0.25) is 0 Å². The van der Waals surface area contributed by atoms with Gasteiger partial charge in [-0.05, 0) is 30.7 Å². The van der Waals surface area contributed by atoms with E-state index in [4.69, 9.17) is 4.74 Å². The maximum Gasteiger partial charge on any atom is 0.249 e. The molecule has 24 heavy (non-hydrogen) atoms. The van der Waals surface area contributed by atoms with Crippen molar-refractivity contribution in [2.75, 3.05) is 19.0 Å². The monoisotopic (exact) mass is 339 g/mol. The van der Waals surface area contributed by atoms with Gasteiger partial charge in [0, 0.05) is 23.1 Å². The largest absolute Gasteiger partial charge is 0.496 e. The average Bonchev–Trinajstić information content (AvgIpc) is 2.97. The molecule has 0 aliphatic carbocycles. The number of para-hydroxylation sites is 1. The quantitative estimate of drug-likeness (QED) is 0.840. The number of carbonyl (C=O) groups is 1. The lowest BCUT2D eigenvalue weighted by atomic mass is 10.1. The zero-order valence-electron chi connectivity index (χ0n) is 13.3. The number of hydrogen-bond donors (Lipinski definition) is 2. The Labute approximate surface area is 144 Å². The topological polar surface area (TPSA) is 74.1 Å². The van der Waals surface area contributed by atoms with Crippen LogP contribution in [-0.4, -0.2) is 19.6 Å². The molecular weight excluding hydrogens is 322 g/mol. The molecule has 0 saturated carbocycles. The van der Waals surface area contributed by atoms with Crippen molar-refractivity contribution in [2.24, 2.45) is 0 Å². The second-order valence-electron chi connectivity index (χ2n) is 5.31. The number of hydrogen-bond acceptors (Lipinski definition) is 5. The minimum absolute atomic E-state index is 0.260. The molecule has 2 aromatic rings. The third-order valence-electron chi connectivity index (χ3n) is 3.83. The number of nitriles is 1. The molecule has 3 rings (SSSR count). The molecular formula is C18H17N3O2S. The minimum atomic E-state index is -0.260. The molecule has 2 N–H and O–H groups in total. The summed E-state index contributed by atoms with van der Waals surface area (Å²) < 4.78 is 5.26. The van der Waals surface area contributed by atoms with E-state index < -0.39 is 0 Å². The molecule has 0 saturated heterocycles. The minimum Gasteiger partial charge on any atom is -0.496 e. The first-order chi connectivity index (χ1) is 11.7. The highest BCUT2D eigenvalue weighted by atomic mass is 32.1. The maximum absolute atomic E-state index is 12.2. The number of ether oxygens (including phenoxy) is 1. The lowest BCUT2D eigenvalue weighted by Crippen LogP contribution is -2.22. The summed E-state index contributed by atoms with van der Waals surface area (Å²) in [5, 5.41) is 16.1. The van der Waals surface area contributed by atoms with E-state index in [2.05, 4.69) is 16.7 Å². The highest BCUT2D eigenvalue weighted by Crippen LogP contribution is 2.34. The summed E-state index contributed by atoms with van der Waals surface area (Å²) in [5.74, 6) is 0.445. The van der Waals surface area contributed by atoms with Crippen molar-refractivity contribution in [1.82, 2.24) is 5.32 Å².